The highest BCUT2D eigenvalue weighted by Gasteiger charge is 2.23. The minimum Gasteiger partial charge on any atom is -0.360 e. The summed E-state index contributed by atoms with van der Waals surface area (Å²) in [5, 5.41) is 1.24. The Labute approximate surface area is 146 Å². The van der Waals surface area contributed by atoms with Gasteiger partial charge in [-0.1, -0.05) is 0 Å². The first-order valence-corrected chi connectivity index (χ1v) is 8.94. The Bertz CT molecular complexity index is 1010. The molecule has 0 bridgehead atoms. The lowest BCUT2D eigenvalue weighted by Crippen LogP contribution is -2.32. The number of nitrogens with zero attached hydrogens (tertiary/aromatic N) is 3. The minimum atomic E-state index is 0.601. The third-order valence-corrected chi connectivity index (χ3v) is 5.42. The average molecular weight is 331 g/mol. The molecule has 0 amide bonds. The molecule has 1 saturated heterocycles. The summed E-state index contributed by atoms with van der Waals surface area (Å²) >= 11 is 0. The van der Waals surface area contributed by atoms with Crippen LogP contribution in [-0.2, 0) is 6.54 Å². The topological polar surface area (TPSA) is 60.6 Å². The second-order valence-corrected chi connectivity index (χ2v) is 6.91. The number of fused-ring (bicyclic) bond motifs is 2. The van der Waals surface area contributed by atoms with Crippen LogP contribution in [0, 0.1) is 0 Å². The summed E-state index contributed by atoms with van der Waals surface area (Å²) in [7, 11) is 0. The molecule has 0 saturated carbocycles. The molecule has 25 heavy (non-hydrogen) atoms. The van der Waals surface area contributed by atoms with Crippen LogP contribution in [-0.4, -0.2) is 37.9 Å². The van der Waals surface area contributed by atoms with Crippen LogP contribution in [0.5, 0.6) is 0 Å². The number of piperidine rings is 1. The number of aromatic amines is 2. The zero-order valence-electron chi connectivity index (χ0n) is 14.1. The molecule has 0 atom stereocenters. The summed E-state index contributed by atoms with van der Waals surface area (Å²) in [4.78, 5) is 18.2. The molecule has 2 N–H and O–H groups in total. The van der Waals surface area contributed by atoms with Crippen molar-refractivity contribution in [1.82, 2.24) is 24.8 Å². The van der Waals surface area contributed by atoms with Gasteiger partial charge in [0, 0.05) is 36.7 Å². The van der Waals surface area contributed by atoms with E-state index < -0.39 is 0 Å². The molecular formula is C20H21N5. The van der Waals surface area contributed by atoms with Crippen molar-refractivity contribution < 1.29 is 0 Å². The summed E-state index contributed by atoms with van der Waals surface area (Å²) in [6.07, 6.45) is 10.4. The Morgan fingerprint density at radius 1 is 1.00 bits per heavy atom. The van der Waals surface area contributed by atoms with Crippen molar-refractivity contribution in [2.45, 2.75) is 25.3 Å². The van der Waals surface area contributed by atoms with Gasteiger partial charge in [0.05, 0.1) is 11.0 Å². The van der Waals surface area contributed by atoms with E-state index in [0.717, 1.165) is 36.3 Å². The normalized spacial score (nSPS) is 16.8. The van der Waals surface area contributed by atoms with Gasteiger partial charge >= 0.3 is 0 Å². The summed E-state index contributed by atoms with van der Waals surface area (Å²) in [5.74, 6) is 0.601. The molecule has 5 nitrogen and oxygen atoms in total. The largest absolute Gasteiger partial charge is 0.360 e. The van der Waals surface area contributed by atoms with Crippen LogP contribution in [0.15, 0.2) is 49.1 Å². The van der Waals surface area contributed by atoms with Crippen LogP contribution in [0.4, 0.5) is 0 Å². The monoisotopic (exact) mass is 331 g/mol. The molecule has 5 heteroatoms. The zero-order chi connectivity index (χ0) is 16.6. The molecule has 1 fully saturated rings. The molecule has 0 spiro atoms. The smallest absolute Gasteiger partial charge is 0.137 e. The third-order valence-electron chi connectivity index (χ3n) is 5.42. The van der Waals surface area contributed by atoms with Crippen LogP contribution in [0.1, 0.15) is 29.9 Å². The van der Waals surface area contributed by atoms with Crippen molar-refractivity contribution in [2.75, 3.05) is 13.1 Å². The highest BCUT2D eigenvalue weighted by molar-refractivity contribution is 5.80. The molecule has 0 unspecified atom stereocenters. The Morgan fingerprint density at radius 2 is 1.84 bits per heavy atom. The van der Waals surface area contributed by atoms with E-state index in [4.69, 9.17) is 0 Å². The van der Waals surface area contributed by atoms with Gasteiger partial charge in [-0.2, -0.15) is 0 Å². The van der Waals surface area contributed by atoms with Crippen molar-refractivity contribution in [2.24, 2.45) is 0 Å². The van der Waals surface area contributed by atoms with E-state index in [1.807, 2.05) is 24.5 Å². The molecule has 1 aliphatic rings. The Hall–Kier alpha value is -2.66. The van der Waals surface area contributed by atoms with Gasteiger partial charge in [-0.3, -0.25) is 9.88 Å². The minimum absolute atomic E-state index is 0.601. The van der Waals surface area contributed by atoms with Gasteiger partial charge in [-0.25, -0.2) is 4.98 Å². The molecule has 5 heterocycles. The SMILES string of the molecule is c1cnc2c(C3CCN(Cc4c[nH]c5ncccc45)CC3)c[nH]c2c1. The number of likely N-dealkylation sites (tertiary alicyclic amines) is 1. The van der Waals surface area contributed by atoms with Gasteiger partial charge in [-0.05, 0) is 67.2 Å². The van der Waals surface area contributed by atoms with Crippen LogP contribution in [0.25, 0.3) is 22.1 Å². The predicted molar refractivity (Wildman–Crippen MR) is 99.4 cm³/mol. The lowest BCUT2D eigenvalue weighted by atomic mass is 9.90. The van der Waals surface area contributed by atoms with Crippen LogP contribution >= 0.6 is 0 Å². The molecule has 126 valence electrons. The van der Waals surface area contributed by atoms with Gasteiger partial charge in [-0.15, -0.1) is 0 Å². The van der Waals surface area contributed by atoms with E-state index in [1.54, 1.807) is 0 Å². The average Bonchev–Trinajstić information content (AvgIpc) is 3.27. The fourth-order valence-electron chi connectivity index (χ4n) is 4.07. The quantitative estimate of drug-likeness (QED) is 0.600. The maximum Gasteiger partial charge on any atom is 0.137 e. The van der Waals surface area contributed by atoms with Gasteiger partial charge in [0.2, 0.25) is 0 Å². The molecule has 4 aromatic heterocycles. The van der Waals surface area contributed by atoms with Gasteiger partial charge in [0.15, 0.2) is 0 Å². The number of H-pyrrole nitrogens is 2. The Kier molecular flexibility index (Phi) is 3.52. The van der Waals surface area contributed by atoms with E-state index in [2.05, 4.69) is 49.4 Å². The zero-order valence-corrected chi connectivity index (χ0v) is 14.1. The first kappa shape index (κ1) is 14.7. The Balaban J connectivity index is 1.30. The molecular weight excluding hydrogens is 310 g/mol. The number of hydrogen-bond donors (Lipinski definition) is 2. The van der Waals surface area contributed by atoms with E-state index >= 15 is 0 Å². The molecule has 5 rings (SSSR count). The summed E-state index contributed by atoms with van der Waals surface area (Å²) < 4.78 is 0. The second kappa shape index (κ2) is 6.01. The lowest BCUT2D eigenvalue weighted by Gasteiger charge is -2.31. The molecule has 0 radical (unpaired) electrons. The summed E-state index contributed by atoms with van der Waals surface area (Å²) in [6.45, 7) is 3.23. The number of aromatic nitrogens is 4. The molecule has 0 aliphatic carbocycles. The van der Waals surface area contributed by atoms with Gasteiger partial charge < -0.3 is 9.97 Å². The van der Waals surface area contributed by atoms with Crippen molar-refractivity contribution in [3.8, 4) is 0 Å². The highest BCUT2D eigenvalue weighted by atomic mass is 15.1. The predicted octanol–water partition coefficient (Wildman–Crippen LogP) is 3.82. The van der Waals surface area contributed by atoms with Gasteiger partial charge in [0.1, 0.15) is 5.65 Å². The number of pyridine rings is 2. The number of nitrogens with one attached hydrogen (secondary N) is 2. The van der Waals surface area contributed by atoms with E-state index in [0.29, 0.717) is 5.92 Å². The van der Waals surface area contributed by atoms with Crippen molar-refractivity contribution in [3.63, 3.8) is 0 Å². The maximum atomic E-state index is 4.57. The third kappa shape index (κ3) is 2.61. The lowest BCUT2D eigenvalue weighted by molar-refractivity contribution is 0.205. The second-order valence-electron chi connectivity index (χ2n) is 6.91. The van der Waals surface area contributed by atoms with Crippen molar-refractivity contribution in [3.05, 3.63) is 60.2 Å². The Morgan fingerprint density at radius 3 is 2.76 bits per heavy atom. The van der Waals surface area contributed by atoms with E-state index in [1.165, 1.54) is 29.4 Å². The standard InChI is InChI=1S/C20H21N5/c1-3-16-15(11-24-20(16)22-8-1)13-25-9-5-14(6-10-25)17-12-23-18-4-2-7-21-19(17)18/h1-4,7-8,11-12,14,23H,5-6,9-10,13H2,(H,22,24). The molecule has 4 aromatic rings. The number of hydrogen-bond acceptors (Lipinski definition) is 3. The maximum absolute atomic E-state index is 4.57. The fraction of sp³-hybridized carbons (Fsp3) is 0.300. The van der Waals surface area contributed by atoms with Crippen LogP contribution < -0.4 is 0 Å². The van der Waals surface area contributed by atoms with Crippen LogP contribution in [0.2, 0.25) is 0 Å². The van der Waals surface area contributed by atoms with Crippen LogP contribution in [0.3, 0.4) is 0 Å². The van der Waals surface area contributed by atoms with E-state index in [9.17, 15) is 0 Å². The van der Waals surface area contributed by atoms with Crippen molar-refractivity contribution >= 4 is 22.1 Å². The first-order valence-electron chi connectivity index (χ1n) is 8.94. The molecule has 1 aliphatic heterocycles. The number of rotatable bonds is 3. The molecule has 0 aromatic carbocycles. The van der Waals surface area contributed by atoms with E-state index in [-0.39, 0.29) is 0 Å². The van der Waals surface area contributed by atoms with Crippen molar-refractivity contribution in [1.29, 1.82) is 0 Å². The first-order chi connectivity index (χ1) is 12.4. The summed E-state index contributed by atoms with van der Waals surface area (Å²) in [6, 6.07) is 8.25. The highest BCUT2D eigenvalue weighted by Crippen LogP contribution is 2.32. The summed E-state index contributed by atoms with van der Waals surface area (Å²) in [5.41, 5.74) is 5.99. The van der Waals surface area contributed by atoms with Gasteiger partial charge in [0.25, 0.3) is 0 Å². The fourth-order valence-corrected chi connectivity index (χ4v) is 4.07.